The van der Waals surface area contributed by atoms with Gasteiger partial charge in [0.25, 0.3) is 0 Å². The highest BCUT2D eigenvalue weighted by Gasteiger charge is 2.09. The molecular weight excluding hydrogens is 292 g/mol. The Morgan fingerprint density at radius 3 is 2.48 bits per heavy atom. The second-order valence-corrected chi connectivity index (χ2v) is 5.37. The fraction of sp³-hybridized carbons (Fsp3) is 0.214. The SMILES string of the molecule is Cc1csc(=O)n1CC(=O)Nc1ccc(CC(=O)O)cc1. The van der Waals surface area contributed by atoms with E-state index in [1.165, 1.54) is 4.57 Å². The summed E-state index contributed by atoms with van der Waals surface area (Å²) in [6.07, 6.45) is -0.0578. The maximum Gasteiger partial charge on any atom is 0.307 e. The van der Waals surface area contributed by atoms with E-state index in [9.17, 15) is 14.4 Å². The van der Waals surface area contributed by atoms with Gasteiger partial charge in [-0.1, -0.05) is 23.5 Å². The van der Waals surface area contributed by atoms with Crippen molar-refractivity contribution in [3.05, 3.63) is 50.6 Å². The van der Waals surface area contributed by atoms with Crippen LogP contribution in [-0.4, -0.2) is 21.6 Å². The number of anilines is 1. The van der Waals surface area contributed by atoms with E-state index in [0.29, 0.717) is 11.3 Å². The number of carbonyl (C=O) groups is 2. The number of aryl methyl sites for hydroxylation is 1. The van der Waals surface area contributed by atoms with Gasteiger partial charge in [0.2, 0.25) is 5.91 Å². The van der Waals surface area contributed by atoms with Crippen molar-refractivity contribution < 1.29 is 14.7 Å². The molecule has 0 radical (unpaired) electrons. The number of aliphatic carboxylic acids is 1. The number of benzene rings is 1. The number of aromatic nitrogens is 1. The highest BCUT2D eigenvalue weighted by molar-refractivity contribution is 7.07. The molecule has 0 fully saturated rings. The van der Waals surface area contributed by atoms with Crippen LogP contribution in [0, 0.1) is 6.92 Å². The maximum absolute atomic E-state index is 11.9. The van der Waals surface area contributed by atoms with E-state index >= 15 is 0 Å². The maximum atomic E-state index is 11.9. The molecule has 0 bridgehead atoms. The molecular formula is C14H14N2O4S. The highest BCUT2D eigenvalue weighted by Crippen LogP contribution is 2.10. The molecule has 2 rings (SSSR count). The average Bonchev–Trinajstić information content (AvgIpc) is 2.72. The molecule has 0 saturated carbocycles. The smallest absolute Gasteiger partial charge is 0.307 e. The van der Waals surface area contributed by atoms with Crippen molar-refractivity contribution in [3.63, 3.8) is 0 Å². The van der Waals surface area contributed by atoms with Gasteiger partial charge in [0, 0.05) is 16.8 Å². The minimum Gasteiger partial charge on any atom is -0.481 e. The van der Waals surface area contributed by atoms with E-state index in [2.05, 4.69) is 5.32 Å². The Kier molecular flexibility index (Phi) is 4.54. The van der Waals surface area contributed by atoms with Crippen LogP contribution in [0.25, 0.3) is 0 Å². The summed E-state index contributed by atoms with van der Waals surface area (Å²) >= 11 is 1.06. The van der Waals surface area contributed by atoms with E-state index in [-0.39, 0.29) is 23.7 Å². The minimum atomic E-state index is -0.904. The van der Waals surface area contributed by atoms with Gasteiger partial charge < -0.3 is 10.4 Å². The molecule has 0 spiro atoms. The summed E-state index contributed by atoms with van der Waals surface area (Å²) in [6.45, 7) is 1.73. The standard InChI is InChI=1S/C14H14N2O4S/c1-9-8-21-14(20)16(9)7-12(17)15-11-4-2-10(3-5-11)6-13(18)19/h2-5,8H,6-7H2,1H3,(H,15,17)(H,18,19). The normalized spacial score (nSPS) is 10.3. The van der Waals surface area contributed by atoms with Gasteiger partial charge in [0.1, 0.15) is 6.54 Å². The number of carboxylic acid groups (broad SMARTS) is 1. The summed E-state index contributed by atoms with van der Waals surface area (Å²) in [5.74, 6) is -1.20. The zero-order chi connectivity index (χ0) is 15.4. The predicted molar refractivity (Wildman–Crippen MR) is 79.7 cm³/mol. The molecule has 21 heavy (non-hydrogen) atoms. The van der Waals surface area contributed by atoms with Crippen LogP contribution >= 0.6 is 11.3 Å². The Bertz CT molecular complexity index is 715. The van der Waals surface area contributed by atoms with Crippen LogP contribution in [0.5, 0.6) is 0 Å². The lowest BCUT2D eigenvalue weighted by Gasteiger charge is -2.07. The zero-order valence-electron chi connectivity index (χ0n) is 11.3. The number of hydrogen-bond donors (Lipinski definition) is 2. The van der Waals surface area contributed by atoms with Crippen LogP contribution in [0.1, 0.15) is 11.3 Å². The molecule has 7 heteroatoms. The molecule has 1 amide bonds. The minimum absolute atomic E-state index is 0.0367. The van der Waals surface area contributed by atoms with Crippen molar-refractivity contribution in [1.82, 2.24) is 4.57 Å². The Morgan fingerprint density at radius 1 is 1.29 bits per heavy atom. The van der Waals surface area contributed by atoms with Crippen molar-refractivity contribution in [2.45, 2.75) is 19.9 Å². The molecule has 0 saturated heterocycles. The summed E-state index contributed by atoms with van der Waals surface area (Å²) in [5.41, 5.74) is 1.97. The molecule has 0 aliphatic carbocycles. The van der Waals surface area contributed by atoms with Crippen molar-refractivity contribution in [2.24, 2.45) is 0 Å². The molecule has 0 aliphatic rings. The topological polar surface area (TPSA) is 88.4 Å². The van der Waals surface area contributed by atoms with E-state index in [1.54, 1.807) is 36.6 Å². The first-order valence-electron chi connectivity index (χ1n) is 6.21. The summed E-state index contributed by atoms with van der Waals surface area (Å²) in [6, 6.07) is 6.57. The van der Waals surface area contributed by atoms with Gasteiger partial charge in [0.15, 0.2) is 0 Å². The number of hydrogen-bond acceptors (Lipinski definition) is 4. The van der Waals surface area contributed by atoms with Crippen LogP contribution in [0.2, 0.25) is 0 Å². The number of nitrogens with zero attached hydrogens (tertiary/aromatic N) is 1. The molecule has 1 heterocycles. The van der Waals surface area contributed by atoms with E-state index in [4.69, 9.17) is 5.11 Å². The van der Waals surface area contributed by atoms with E-state index in [0.717, 1.165) is 17.0 Å². The Morgan fingerprint density at radius 2 is 1.95 bits per heavy atom. The molecule has 1 aromatic heterocycles. The van der Waals surface area contributed by atoms with Gasteiger partial charge in [0.05, 0.1) is 6.42 Å². The lowest BCUT2D eigenvalue weighted by molar-refractivity contribution is -0.136. The van der Waals surface area contributed by atoms with Gasteiger partial charge in [-0.15, -0.1) is 0 Å². The first-order valence-corrected chi connectivity index (χ1v) is 7.09. The number of carboxylic acids is 1. The van der Waals surface area contributed by atoms with Gasteiger partial charge in [-0.3, -0.25) is 19.0 Å². The molecule has 2 N–H and O–H groups in total. The highest BCUT2D eigenvalue weighted by atomic mass is 32.1. The molecule has 0 unspecified atom stereocenters. The third kappa shape index (κ3) is 4.03. The van der Waals surface area contributed by atoms with Gasteiger partial charge in [-0.25, -0.2) is 0 Å². The van der Waals surface area contributed by atoms with E-state index < -0.39 is 5.97 Å². The second-order valence-electron chi connectivity index (χ2n) is 4.54. The van der Waals surface area contributed by atoms with Crippen molar-refractivity contribution in [2.75, 3.05) is 5.32 Å². The molecule has 6 nitrogen and oxygen atoms in total. The third-order valence-corrected chi connectivity index (χ3v) is 3.75. The summed E-state index contributed by atoms with van der Waals surface area (Å²) in [5, 5.41) is 13.1. The fourth-order valence-corrected chi connectivity index (χ4v) is 2.56. The monoisotopic (exact) mass is 306 g/mol. The summed E-state index contributed by atoms with van der Waals surface area (Å²) in [7, 11) is 0. The summed E-state index contributed by atoms with van der Waals surface area (Å²) in [4.78, 5) is 33.8. The molecule has 0 aliphatic heterocycles. The largest absolute Gasteiger partial charge is 0.481 e. The van der Waals surface area contributed by atoms with Crippen LogP contribution in [-0.2, 0) is 22.6 Å². The van der Waals surface area contributed by atoms with Crippen LogP contribution in [0.3, 0.4) is 0 Å². The van der Waals surface area contributed by atoms with Gasteiger partial charge in [-0.05, 0) is 24.6 Å². The zero-order valence-corrected chi connectivity index (χ0v) is 12.1. The molecule has 1 aromatic carbocycles. The number of carbonyl (C=O) groups excluding carboxylic acids is 1. The van der Waals surface area contributed by atoms with Crippen LogP contribution in [0.15, 0.2) is 34.4 Å². The second kappa shape index (κ2) is 6.36. The average molecular weight is 306 g/mol. The number of amides is 1. The number of nitrogens with one attached hydrogen (secondary N) is 1. The first kappa shape index (κ1) is 15.0. The number of rotatable bonds is 5. The van der Waals surface area contributed by atoms with Gasteiger partial charge >= 0.3 is 10.8 Å². The van der Waals surface area contributed by atoms with Crippen LogP contribution < -0.4 is 10.2 Å². The van der Waals surface area contributed by atoms with Crippen LogP contribution in [0.4, 0.5) is 5.69 Å². The number of thiazole rings is 1. The Labute approximate surface area is 124 Å². The lowest BCUT2D eigenvalue weighted by atomic mass is 10.1. The molecule has 110 valence electrons. The molecule has 2 aromatic rings. The fourth-order valence-electron chi connectivity index (χ4n) is 1.82. The van der Waals surface area contributed by atoms with Crippen molar-refractivity contribution >= 4 is 28.9 Å². The third-order valence-electron chi connectivity index (χ3n) is 2.87. The molecule has 0 atom stereocenters. The first-order chi connectivity index (χ1) is 9.95. The van der Waals surface area contributed by atoms with Gasteiger partial charge in [-0.2, -0.15) is 0 Å². The van der Waals surface area contributed by atoms with Crippen molar-refractivity contribution in [1.29, 1.82) is 0 Å². The quantitative estimate of drug-likeness (QED) is 0.876. The summed E-state index contributed by atoms with van der Waals surface area (Å²) < 4.78 is 1.40. The lowest BCUT2D eigenvalue weighted by Crippen LogP contribution is -2.25. The Balaban J connectivity index is 2.00. The Hall–Kier alpha value is -2.41. The predicted octanol–water partition coefficient (Wildman–Crippen LogP) is 1.48. The van der Waals surface area contributed by atoms with Crippen molar-refractivity contribution in [3.8, 4) is 0 Å². The van der Waals surface area contributed by atoms with E-state index in [1.807, 2.05) is 0 Å².